The van der Waals surface area contributed by atoms with Gasteiger partial charge in [0.2, 0.25) is 0 Å². The minimum absolute atomic E-state index is 0.0505. The zero-order chi connectivity index (χ0) is 12.4. The summed E-state index contributed by atoms with van der Waals surface area (Å²) in [5, 5.41) is 0. The third-order valence-corrected chi connectivity index (χ3v) is 3.07. The molecular formula is C12H17F2N3. The molecule has 1 saturated heterocycles. The molecule has 5 heteroatoms. The standard InChI is InChI=1S/C12H17F2N3/c1-16-3-2-4-17(6-5-16)12-10(13)7-9(15)8-11(12)14/h7-8H,2-6,15H2,1H3. The highest BCUT2D eigenvalue weighted by Crippen LogP contribution is 2.26. The highest BCUT2D eigenvalue weighted by Gasteiger charge is 2.19. The molecule has 0 amide bonds. The number of hydrogen-bond acceptors (Lipinski definition) is 3. The molecule has 1 aromatic rings. The number of nitrogens with two attached hydrogens (primary N) is 1. The molecule has 94 valence electrons. The molecule has 0 atom stereocenters. The van der Waals surface area contributed by atoms with Crippen LogP contribution in [0.15, 0.2) is 12.1 Å². The van der Waals surface area contributed by atoms with Crippen molar-refractivity contribution in [1.82, 2.24) is 4.90 Å². The van der Waals surface area contributed by atoms with Crippen LogP contribution in [0.3, 0.4) is 0 Å². The summed E-state index contributed by atoms with van der Waals surface area (Å²) >= 11 is 0. The molecule has 0 bridgehead atoms. The Morgan fingerprint density at radius 2 is 1.71 bits per heavy atom. The van der Waals surface area contributed by atoms with E-state index in [-0.39, 0.29) is 11.4 Å². The number of hydrogen-bond donors (Lipinski definition) is 1. The van der Waals surface area contributed by atoms with E-state index >= 15 is 0 Å². The molecule has 0 aliphatic carbocycles. The molecule has 0 aromatic heterocycles. The lowest BCUT2D eigenvalue weighted by molar-refractivity contribution is 0.360. The van der Waals surface area contributed by atoms with Gasteiger partial charge in [-0.25, -0.2) is 8.78 Å². The van der Waals surface area contributed by atoms with Gasteiger partial charge in [-0.2, -0.15) is 0 Å². The summed E-state index contributed by atoms with van der Waals surface area (Å²) in [6, 6.07) is 2.35. The second-order valence-corrected chi connectivity index (χ2v) is 4.48. The number of likely N-dealkylation sites (N-methyl/N-ethyl adjacent to an activating group) is 1. The van der Waals surface area contributed by atoms with E-state index in [0.29, 0.717) is 13.1 Å². The predicted octanol–water partition coefficient (Wildman–Crippen LogP) is 1.69. The third kappa shape index (κ3) is 2.66. The van der Waals surface area contributed by atoms with Crippen molar-refractivity contribution < 1.29 is 8.78 Å². The van der Waals surface area contributed by atoms with Crippen molar-refractivity contribution in [3.8, 4) is 0 Å². The number of nitrogens with zero attached hydrogens (tertiary/aromatic N) is 2. The predicted molar refractivity (Wildman–Crippen MR) is 65.1 cm³/mol. The Morgan fingerprint density at radius 1 is 1.06 bits per heavy atom. The lowest BCUT2D eigenvalue weighted by Crippen LogP contribution is -2.30. The first-order valence-corrected chi connectivity index (χ1v) is 5.76. The summed E-state index contributed by atoms with van der Waals surface area (Å²) < 4.78 is 27.5. The van der Waals surface area contributed by atoms with Gasteiger partial charge in [0, 0.05) is 25.3 Å². The highest BCUT2D eigenvalue weighted by atomic mass is 19.1. The summed E-state index contributed by atoms with van der Waals surface area (Å²) in [7, 11) is 2.01. The summed E-state index contributed by atoms with van der Waals surface area (Å²) in [4.78, 5) is 3.92. The van der Waals surface area contributed by atoms with E-state index in [2.05, 4.69) is 4.90 Å². The zero-order valence-corrected chi connectivity index (χ0v) is 9.92. The number of anilines is 2. The first kappa shape index (κ1) is 12.1. The topological polar surface area (TPSA) is 32.5 Å². The highest BCUT2D eigenvalue weighted by molar-refractivity contribution is 5.56. The largest absolute Gasteiger partial charge is 0.399 e. The van der Waals surface area contributed by atoms with E-state index in [1.54, 1.807) is 4.90 Å². The second kappa shape index (κ2) is 4.87. The summed E-state index contributed by atoms with van der Waals surface area (Å²) in [6.45, 7) is 3.06. The Hall–Kier alpha value is -1.36. The van der Waals surface area contributed by atoms with Gasteiger partial charge in [-0.15, -0.1) is 0 Å². The molecule has 2 rings (SSSR count). The van der Waals surface area contributed by atoms with Crippen molar-refractivity contribution in [2.75, 3.05) is 43.9 Å². The molecule has 1 heterocycles. The fourth-order valence-electron chi connectivity index (χ4n) is 2.16. The van der Waals surface area contributed by atoms with Crippen LogP contribution in [0.4, 0.5) is 20.2 Å². The van der Waals surface area contributed by atoms with Crippen LogP contribution in [0.1, 0.15) is 6.42 Å². The average Bonchev–Trinajstić information content (AvgIpc) is 2.42. The number of benzene rings is 1. The summed E-state index contributed by atoms with van der Waals surface area (Å²) in [6.07, 6.45) is 0.903. The SMILES string of the molecule is CN1CCCN(c2c(F)cc(N)cc2F)CC1. The van der Waals surface area contributed by atoms with Gasteiger partial charge in [0.1, 0.15) is 5.69 Å². The van der Waals surface area contributed by atoms with Gasteiger partial charge in [-0.05, 0) is 32.1 Å². The van der Waals surface area contributed by atoms with Crippen molar-refractivity contribution in [3.05, 3.63) is 23.8 Å². The maximum atomic E-state index is 13.8. The molecular weight excluding hydrogens is 224 g/mol. The van der Waals surface area contributed by atoms with Crippen LogP contribution in [-0.2, 0) is 0 Å². The Labute approximate surface area is 99.8 Å². The smallest absolute Gasteiger partial charge is 0.151 e. The van der Waals surface area contributed by atoms with Gasteiger partial charge in [0.05, 0.1) is 0 Å². The molecule has 0 saturated carbocycles. The van der Waals surface area contributed by atoms with Crippen LogP contribution in [0, 0.1) is 11.6 Å². The van der Waals surface area contributed by atoms with E-state index in [0.717, 1.165) is 19.5 Å². The number of nitrogen functional groups attached to an aromatic ring is 1. The van der Waals surface area contributed by atoms with Gasteiger partial charge in [-0.3, -0.25) is 0 Å². The molecule has 0 unspecified atom stereocenters. The normalized spacial score (nSPS) is 18.2. The minimum Gasteiger partial charge on any atom is -0.399 e. The first-order chi connectivity index (χ1) is 8.08. The van der Waals surface area contributed by atoms with Crippen molar-refractivity contribution in [2.45, 2.75) is 6.42 Å². The van der Waals surface area contributed by atoms with E-state index in [1.165, 1.54) is 12.1 Å². The van der Waals surface area contributed by atoms with Crippen LogP contribution in [0.2, 0.25) is 0 Å². The van der Waals surface area contributed by atoms with E-state index < -0.39 is 11.6 Å². The Balaban J connectivity index is 2.27. The molecule has 2 N–H and O–H groups in total. The average molecular weight is 241 g/mol. The van der Waals surface area contributed by atoms with Crippen LogP contribution < -0.4 is 10.6 Å². The maximum Gasteiger partial charge on any atom is 0.151 e. The molecule has 0 radical (unpaired) electrons. The van der Waals surface area contributed by atoms with Crippen molar-refractivity contribution >= 4 is 11.4 Å². The van der Waals surface area contributed by atoms with Gasteiger partial charge < -0.3 is 15.5 Å². The molecule has 1 aromatic carbocycles. The molecule has 1 fully saturated rings. The third-order valence-electron chi connectivity index (χ3n) is 3.07. The van der Waals surface area contributed by atoms with Crippen LogP contribution in [0.5, 0.6) is 0 Å². The summed E-state index contributed by atoms with van der Waals surface area (Å²) in [5.74, 6) is -1.15. The second-order valence-electron chi connectivity index (χ2n) is 4.48. The quantitative estimate of drug-likeness (QED) is 0.759. The lowest BCUT2D eigenvalue weighted by atomic mass is 10.2. The van der Waals surface area contributed by atoms with Crippen molar-refractivity contribution in [1.29, 1.82) is 0 Å². The molecule has 17 heavy (non-hydrogen) atoms. The van der Waals surface area contributed by atoms with E-state index in [9.17, 15) is 8.78 Å². The molecule has 1 aliphatic heterocycles. The summed E-state index contributed by atoms with van der Waals surface area (Å²) in [5.41, 5.74) is 5.58. The van der Waals surface area contributed by atoms with E-state index in [4.69, 9.17) is 5.73 Å². The van der Waals surface area contributed by atoms with Crippen LogP contribution >= 0.6 is 0 Å². The number of rotatable bonds is 1. The Kier molecular flexibility index (Phi) is 3.47. The van der Waals surface area contributed by atoms with E-state index in [1.807, 2.05) is 7.05 Å². The van der Waals surface area contributed by atoms with Gasteiger partial charge in [0.15, 0.2) is 11.6 Å². The van der Waals surface area contributed by atoms with Crippen LogP contribution in [-0.4, -0.2) is 38.1 Å². The van der Waals surface area contributed by atoms with Crippen molar-refractivity contribution in [3.63, 3.8) is 0 Å². The van der Waals surface area contributed by atoms with Gasteiger partial charge >= 0.3 is 0 Å². The first-order valence-electron chi connectivity index (χ1n) is 5.76. The zero-order valence-electron chi connectivity index (χ0n) is 9.92. The molecule has 0 spiro atoms. The Morgan fingerprint density at radius 3 is 2.35 bits per heavy atom. The fourth-order valence-corrected chi connectivity index (χ4v) is 2.16. The molecule has 1 aliphatic rings. The fraction of sp³-hybridized carbons (Fsp3) is 0.500. The molecule has 3 nitrogen and oxygen atoms in total. The monoisotopic (exact) mass is 241 g/mol. The Bertz CT molecular complexity index is 386. The lowest BCUT2D eigenvalue weighted by Gasteiger charge is -2.24. The van der Waals surface area contributed by atoms with Crippen LogP contribution in [0.25, 0.3) is 0 Å². The van der Waals surface area contributed by atoms with Gasteiger partial charge in [0.25, 0.3) is 0 Å². The van der Waals surface area contributed by atoms with Gasteiger partial charge in [-0.1, -0.05) is 0 Å². The number of halogens is 2. The minimum atomic E-state index is -0.577. The maximum absolute atomic E-state index is 13.8. The van der Waals surface area contributed by atoms with Crippen molar-refractivity contribution in [2.24, 2.45) is 0 Å².